The molecule has 8 heteroatoms. The molecule has 26 heavy (non-hydrogen) atoms. The first-order valence-corrected chi connectivity index (χ1v) is 9.44. The molecule has 0 fully saturated rings. The summed E-state index contributed by atoms with van der Waals surface area (Å²) in [4.78, 5) is 37.1. The molecule has 0 atom stereocenters. The number of aliphatic imine (C=N–C) groups is 1. The summed E-state index contributed by atoms with van der Waals surface area (Å²) in [6.07, 6.45) is 2.68. The first kappa shape index (κ1) is 18.6. The van der Waals surface area contributed by atoms with E-state index in [9.17, 15) is 9.59 Å². The first-order valence-electron chi connectivity index (χ1n) is 8.62. The standard InChI is InChI=1S/C18H24N4O3S/c1-6-22(12-7-8-21(10-19-12)16(24)25)15-20-13-14(26-15)17(2,3)9-11(23)18(13,4)5/h7-8H,6,9-10H2,1-5H3,(H,24,25). The topological polar surface area (TPSA) is 86.1 Å². The molecule has 140 valence electrons. The van der Waals surface area contributed by atoms with E-state index >= 15 is 0 Å². The molecular weight excluding hydrogens is 352 g/mol. The van der Waals surface area contributed by atoms with E-state index < -0.39 is 11.5 Å². The van der Waals surface area contributed by atoms with Gasteiger partial charge < -0.3 is 10.0 Å². The van der Waals surface area contributed by atoms with Crippen LogP contribution in [0.15, 0.2) is 17.3 Å². The second-order valence-electron chi connectivity index (χ2n) is 7.75. The molecule has 0 saturated carbocycles. The molecule has 0 unspecified atom stereocenters. The molecule has 0 aromatic carbocycles. The number of anilines is 1. The van der Waals surface area contributed by atoms with Crippen molar-refractivity contribution in [1.29, 1.82) is 0 Å². The van der Waals surface area contributed by atoms with Gasteiger partial charge in [-0.15, -0.1) is 11.3 Å². The molecule has 1 amide bonds. The van der Waals surface area contributed by atoms with Crippen molar-refractivity contribution in [2.24, 2.45) is 4.99 Å². The monoisotopic (exact) mass is 376 g/mol. The molecular formula is C18H24N4O3S. The Morgan fingerprint density at radius 2 is 2.08 bits per heavy atom. The van der Waals surface area contributed by atoms with Crippen LogP contribution in [0, 0.1) is 0 Å². The van der Waals surface area contributed by atoms with E-state index in [0.717, 1.165) is 20.6 Å². The third-order valence-corrected chi connectivity index (χ3v) is 6.42. The Morgan fingerprint density at radius 1 is 1.38 bits per heavy atom. The van der Waals surface area contributed by atoms with Gasteiger partial charge in [0.2, 0.25) is 0 Å². The molecule has 0 radical (unpaired) electrons. The second-order valence-corrected chi connectivity index (χ2v) is 8.73. The van der Waals surface area contributed by atoms with Gasteiger partial charge in [-0.25, -0.2) is 14.8 Å². The van der Waals surface area contributed by atoms with Crippen molar-refractivity contribution in [3.05, 3.63) is 22.8 Å². The summed E-state index contributed by atoms with van der Waals surface area (Å²) < 4.78 is 0. The normalized spacial score (nSPS) is 20.6. The minimum atomic E-state index is -1.03. The van der Waals surface area contributed by atoms with E-state index in [4.69, 9.17) is 10.1 Å². The quantitative estimate of drug-likeness (QED) is 0.855. The molecule has 3 rings (SSSR count). The number of carbonyl (C=O) groups excluding carboxylic acids is 1. The molecule has 1 aromatic heterocycles. The zero-order valence-electron chi connectivity index (χ0n) is 15.7. The van der Waals surface area contributed by atoms with E-state index in [1.165, 1.54) is 6.20 Å². The molecule has 0 saturated heterocycles. The van der Waals surface area contributed by atoms with Crippen molar-refractivity contribution in [1.82, 2.24) is 9.88 Å². The Bertz CT molecular complexity index is 822. The molecule has 2 heterocycles. The largest absolute Gasteiger partial charge is 0.465 e. The summed E-state index contributed by atoms with van der Waals surface area (Å²) in [5.41, 5.74) is 0.0232. The summed E-state index contributed by atoms with van der Waals surface area (Å²) in [6, 6.07) is 0. The number of rotatable bonds is 2. The summed E-state index contributed by atoms with van der Waals surface area (Å²) in [5.74, 6) is 0.889. The predicted octanol–water partition coefficient (Wildman–Crippen LogP) is 3.36. The maximum Gasteiger partial charge on any atom is 0.412 e. The van der Waals surface area contributed by atoms with Gasteiger partial charge in [0.05, 0.1) is 11.1 Å². The maximum absolute atomic E-state index is 12.6. The number of amidine groups is 1. The van der Waals surface area contributed by atoms with Crippen LogP contribution in [-0.2, 0) is 15.6 Å². The third-order valence-electron chi connectivity index (χ3n) is 4.98. The van der Waals surface area contributed by atoms with Crippen molar-refractivity contribution in [2.45, 2.75) is 51.9 Å². The fraction of sp³-hybridized carbons (Fsp3) is 0.556. The smallest absolute Gasteiger partial charge is 0.412 e. The highest BCUT2D eigenvalue weighted by molar-refractivity contribution is 7.16. The van der Waals surface area contributed by atoms with Crippen LogP contribution in [0.25, 0.3) is 0 Å². The van der Waals surface area contributed by atoms with Gasteiger partial charge in [0, 0.05) is 29.5 Å². The lowest BCUT2D eigenvalue weighted by Crippen LogP contribution is -2.41. The summed E-state index contributed by atoms with van der Waals surface area (Å²) in [7, 11) is 0. The fourth-order valence-electron chi connectivity index (χ4n) is 3.24. The Balaban J connectivity index is 1.99. The van der Waals surface area contributed by atoms with Crippen LogP contribution in [-0.4, -0.2) is 45.9 Å². The van der Waals surface area contributed by atoms with Crippen LogP contribution in [0.1, 0.15) is 51.6 Å². The summed E-state index contributed by atoms with van der Waals surface area (Å²) in [6.45, 7) is 10.8. The maximum atomic E-state index is 12.6. The number of carboxylic acid groups (broad SMARTS) is 1. The van der Waals surface area contributed by atoms with Crippen LogP contribution in [0.2, 0.25) is 0 Å². The molecule has 2 aliphatic rings. The molecule has 1 N–H and O–H groups in total. The Hall–Kier alpha value is -2.22. The third kappa shape index (κ3) is 2.92. The number of ketones is 1. The van der Waals surface area contributed by atoms with Gasteiger partial charge in [-0.05, 0) is 26.8 Å². The number of fused-ring (bicyclic) bond motifs is 1. The second kappa shape index (κ2) is 6.19. The van der Waals surface area contributed by atoms with E-state index in [0.29, 0.717) is 18.8 Å². The summed E-state index contributed by atoms with van der Waals surface area (Å²) in [5, 5.41) is 9.83. The Morgan fingerprint density at radius 3 is 2.62 bits per heavy atom. The zero-order chi connectivity index (χ0) is 19.3. The van der Waals surface area contributed by atoms with E-state index in [1.54, 1.807) is 17.4 Å². The highest BCUT2D eigenvalue weighted by Gasteiger charge is 2.46. The predicted molar refractivity (Wildman–Crippen MR) is 102 cm³/mol. The highest BCUT2D eigenvalue weighted by Crippen LogP contribution is 2.48. The van der Waals surface area contributed by atoms with Gasteiger partial charge in [-0.2, -0.15) is 0 Å². The van der Waals surface area contributed by atoms with Crippen LogP contribution < -0.4 is 4.90 Å². The minimum absolute atomic E-state index is 0.0677. The number of amides is 1. The van der Waals surface area contributed by atoms with Gasteiger partial charge >= 0.3 is 6.09 Å². The van der Waals surface area contributed by atoms with E-state index in [2.05, 4.69) is 18.8 Å². The SMILES string of the molecule is CCN(C1=NCN(C(=O)O)C=C1)c1nc2c(s1)C(C)(C)CC(=O)C2(C)C. The van der Waals surface area contributed by atoms with Gasteiger partial charge in [0.15, 0.2) is 5.13 Å². The number of hydrogen-bond acceptors (Lipinski definition) is 6. The van der Waals surface area contributed by atoms with Crippen LogP contribution in [0.3, 0.4) is 0 Å². The van der Waals surface area contributed by atoms with Crippen molar-refractivity contribution >= 4 is 34.2 Å². The van der Waals surface area contributed by atoms with Crippen molar-refractivity contribution in [2.75, 3.05) is 18.1 Å². The molecule has 1 aliphatic heterocycles. The Labute approximate surface area is 157 Å². The van der Waals surface area contributed by atoms with Gasteiger partial charge in [-0.1, -0.05) is 13.8 Å². The number of likely N-dealkylation sites (N-methyl/N-ethyl adjacent to an activating group) is 1. The van der Waals surface area contributed by atoms with Gasteiger partial charge in [0.1, 0.15) is 18.3 Å². The van der Waals surface area contributed by atoms with Crippen molar-refractivity contribution < 1.29 is 14.7 Å². The molecule has 7 nitrogen and oxygen atoms in total. The lowest BCUT2D eigenvalue weighted by Gasteiger charge is -2.36. The minimum Gasteiger partial charge on any atom is -0.465 e. The first-order chi connectivity index (χ1) is 12.1. The molecule has 0 bridgehead atoms. The summed E-state index contributed by atoms with van der Waals surface area (Å²) >= 11 is 1.60. The number of Topliss-reactive ketones (excluding diaryl/α,β-unsaturated/α-hetero) is 1. The number of thiazole rings is 1. The van der Waals surface area contributed by atoms with Crippen LogP contribution in [0.4, 0.5) is 9.93 Å². The van der Waals surface area contributed by atoms with E-state index in [-0.39, 0.29) is 17.9 Å². The lowest BCUT2D eigenvalue weighted by atomic mass is 9.68. The number of hydrogen-bond donors (Lipinski definition) is 1. The number of aromatic nitrogens is 1. The average molecular weight is 376 g/mol. The number of nitrogens with zero attached hydrogens (tertiary/aromatic N) is 4. The average Bonchev–Trinajstić information content (AvgIpc) is 3.02. The van der Waals surface area contributed by atoms with Gasteiger partial charge in [-0.3, -0.25) is 9.69 Å². The fourth-order valence-corrected chi connectivity index (χ4v) is 4.64. The molecule has 1 aromatic rings. The van der Waals surface area contributed by atoms with Crippen molar-refractivity contribution in [3.63, 3.8) is 0 Å². The Kier molecular flexibility index (Phi) is 4.42. The van der Waals surface area contributed by atoms with E-state index in [1.807, 2.05) is 25.7 Å². The lowest BCUT2D eigenvalue weighted by molar-refractivity contribution is -0.125. The molecule has 0 spiro atoms. The van der Waals surface area contributed by atoms with Gasteiger partial charge in [0.25, 0.3) is 0 Å². The zero-order valence-corrected chi connectivity index (χ0v) is 16.6. The molecule has 1 aliphatic carbocycles. The van der Waals surface area contributed by atoms with Crippen LogP contribution in [0.5, 0.6) is 0 Å². The highest BCUT2D eigenvalue weighted by atomic mass is 32.1. The van der Waals surface area contributed by atoms with Crippen LogP contribution >= 0.6 is 11.3 Å². The number of carbonyl (C=O) groups is 2. The van der Waals surface area contributed by atoms with Crippen molar-refractivity contribution in [3.8, 4) is 0 Å².